The quantitative estimate of drug-likeness (QED) is 0.735. The smallest absolute Gasteiger partial charge is 0.0734 e. The number of pyridine rings is 1. The summed E-state index contributed by atoms with van der Waals surface area (Å²) in [5.41, 5.74) is 3.41. The van der Waals surface area contributed by atoms with Gasteiger partial charge in [-0.25, -0.2) is 0 Å². The summed E-state index contributed by atoms with van der Waals surface area (Å²) in [6.45, 7) is 11.5. The van der Waals surface area contributed by atoms with Crippen LogP contribution in [0.5, 0.6) is 0 Å². The molecule has 0 aromatic carbocycles. The van der Waals surface area contributed by atoms with Crippen LogP contribution >= 0.6 is 0 Å². The maximum Gasteiger partial charge on any atom is 0.0734 e. The highest BCUT2D eigenvalue weighted by molar-refractivity contribution is 5.45. The Bertz CT molecular complexity index is 331. The van der Waals surface area contributed by atoms with Crippen molar-refractivity contribution in [3.8, 4) is 0 Å². The molecule has 0 saturated heterocycles. The van der Waals surface area contributed by atoms with E-state index in [1.54, 1.807) is 6.08 Å². The summed E-state index contributed by atoms with van der Waals surface area (Å²) < 4.78 is 5.42. The molecular formula is C13H19NO. The molecule has 2 heteroatoms. The lowest BCUT2D eigenvalue weighted by atomic mass is 9.98. The van der Waals surface area contributed by atoms with E-state index in [1.807, 2.05) is 13.1 Å². The first-order chi connectivity index (χ1) is 7.19. The summed E-state index contributed by atoms with van der Waals surface area (Å²) in [5.74, 6) is 0.488. The molecule has 0 fully saturated rings. The SMILES string of the molecule is C=Cc1cc(C(C)C)c(COCC)cn1. The molecule has 0 amide bonds. The molecule has 0 spiro atoms. The predicted octanol–water partition coefficient (Wildman–Crippen LogP) is 3.38. The average molecular weight is 205 g/mol. The maximum absolute atomic E-state index is 5.42. The summed E-state index contributed by atoms with van der Waals surface area (Å²) >= 11 is 0. The molecule has 0 atom stereocenters. The molecule has 0 bridgehead atoms. The maximum atomic E-state index is 5.42. The van der Waals surface area contributed by atoms with E-state index in [0.717, 1.165) is 12.3 Å². The van der Waals surface area contributed by atoms with Crippen molar-refractivity contribution in [3.05, 3.63) is 35.7 Å². The Hall–Kier alpha value is -1.15. The molecule has 1 aromatic heterocycles. The van der Waals surface area contributed by atoms with Gasteiger partial charge in [0.1, 0.15) is 0 Å². The molecule has 82 valence electrons. The van der Waals surface area contributed by atoms with Crippen LogP contribution in [-0.2, 0) is 11.3 Å². The molecule has 0 aliphatic rings. The number of nitrogens with zero attached hydrogens (tertiary/aromatic N) is 1. The van der Waals surface area contributed by atoms with Crippen molar-refractivity contribution in [2.45, 2.75) is 33.3 Å². The number of ether oxygens (including phenoxy) is 1. The number of hydrogen-bond donors (Lipinski definition) is 0. The van der Waals surface area contributed by atoms with Crippen molar-refractivity contribution in [1.29, 1.82) is 0 Å². The minimum Gasteiger partial charge on any atom is -0.377 e. The highest BCUT2D eigenvalue weighted by Gasteiger charge is 2.07. The lowest BCUT2D eigenvalue weighted by Crippen LogP contribution is -2.01. The van der Waals surface area contributed by atoms with E-state index >= 15 is 0 Å². The van der Waals surface area contributed by atoms with E-state index < -0.39 is 0 Å². The van der Waals surface area contributed by atoms with Gasteiger partial charge in [-0.3, -0.25) is 4.98 Å². The zero-order chi connectivity index (χ0) is 11.3. The molecule has 0 N–H and O–H groups in total. The summed E-state index contributed by atoms with van der Waals surface area (Å²) in [5, 5.41) is 0. The minimum atomic E-state index is 0.488. The second kappa shape index (κ2) is 5.66. The topological polar surface area (TPSA) is 22.1 Å². The standard InChI is InChI=1S/C13H19NO/c1-5-12-7-13(10(3)4)11(8-14-12)9-15-6-2/h5,7-8,10H,1,6,9H2,2-4H3. The van der Waals surface area contributed by atoms with E-state index in [9.17, 15) is 0 Å². The Labute approximate surface area is 92.0 Å². The number of aromatic nitrogens is 1. The van der Waals surface area contributed by atoms with E-state index in [4.69, 9.17) is 4.74 Å². The first kappa shape index (κ1) is 11.9. The van der Waals surface area contributed by atoms with Gasteiger partial charge in [-0.2, -0.15) is 0 Å². The van der Waals surface area contributed by atoms with Gasteiger partial charge in [-0.15, -0.1) is 0 Å². The molecule has 1 aromatic rings. The van der Waals surface area contributed by atoms with Gasteiger partial charge in [0.15, 0.2) is 0 Å². The Balaban J connectivity index is 2.98. The van der Waals surface area contributed by atoms with Crippen LogP contribution in [0.25, 0.3) is 6.08 Å². The van der Waals surface area contributed by atoms with Crippen LogP contribution in [0.15, 0.2) is 18.8 Å². The van der Waals surface area contributed by atoms with E-state index in [0.29, 0.717) is 12.5 Å². The van der Waals surface area contributed by atoms with Gasteiger partial charge < -0.3 is 4.74 Å². The molecule has 1 heterocycles. The molecule has 1 rings (SSSR count). The zero-order valence-corrected chi connectivity index (χ0v) is 9.79. The monoisotopic (exact) mass is 205 g/mol. The van der Waals surface area contributed by atoms with Crippen LogP contribution in [0.4, 0.5) is 0 Å². The van der Waals surface area contributed by atoms with E-state index in [2.05, 4.69) is 31.5 Å². The number of hydrogen-bond acceptors (Lipinski definition) is 2. The highest BCUT2D eigenvalue weighted by Crippen LogP contribution is 2.20. The van der Waals surface area contributed by atoms with Gasteiger partial charge in [0, 0.05) is 12.8 Å². The Morgan fingerprint density at radius 1 is 1.53 bits per heavy atom. The third-order valence-corrected chi connectivity index (χ3v) is 2.34. The van der Waals surface area contributed by atoms with Crippen molar-refractivity contribution in [3.63, 3.8) is 0 Å². The van der Waals surface area contributed by atoms with Crippen molar-refractivity contribution >= 4 is 6.08 Å². The molecule has 0 aliphatic heterocycles. The fraction of sp³-hybridized carbons (Fsp3) is 0.462. The summed E-state index contributed by atoms with van der Waals surface area (Å²) in [4.78, 5) is 4.30. The fourth-order valence-electron chi connectivity index (χ4n) is 1.50. The molecule has 0 unspecified atom stereocenters. The van der Waals surface area contributed by atoms with Crippen LogP contribution in [0, 0.1) is 0 Å². The van der Waals surface area contributed by atoms with Crippen molar-refractivity contribution in [2.75, 3.05) is 6.61 Å². The van der Waals surface area contributed by atoms with Gasteiger partial charge in [0.2, 0.25) is 0 Å². The lowest BCUT2D eigenvalue weighted by Gasteiger charge is -2.13. The van der Waals surface area contributed by atoms with Gasteiger partial charge in [0.05, 0.1) is 12.3 Å². The predicted molar refractivity (Wildman–Crippen MR) is 63.7 cm³/mol. The second-order valence-corrected chi connectivity index (χ2v) is 3.80. The van der Waals surface area contributed by atoms with Crippen molar-refractivity contribution < 1.29 is 4.74 Å². The largest absolute Gasteiger partial charge is 0.377 e. The second-order valence-electron chi connectivity index (χ2n) is 3.80. The first-order valence-corrected chi connectivity index (χ1v) is 5.38. The number of rotatable bonds is 5. The molecule has 15 heavy (non-hydrogen) atoms. The van der Waals surface area contributed by atoms with Crippen LogP contribution in [0.1, 0.15) is 43.5 Å². The van der Waals surface area contributed by atoms with Gasteiger partial charge in [0.25, 0.3) is 0 Å². The molecule has 0 aliphatic carbocycles. The molecule has 2 nitrogen and oxygen atoms in total. The Morgan fingerprint density at radius 2 is 2.27 bits per heavy atom. The summed E-state index contributed by atoms with van der Waals surface area (Å²) in [6, 6.07) is 2.09. The van der Waals surface area contributed by atoms with Crippen LogP contribution in [0.2, 0.25) is 0 Å². The zero-order valence-electron chi connectivity index (χ0n) is 9.79. The van der Waals surface area contributed by atoms with E-state index in [1.165, 1.54) is 11.1 Å². The lowest BCUT2D eigenvalue weighted by molar-refractivity contribution is 0.133. The van der Waals surface area contributed by atoms with Gasteiger partial charge in [-0.05, 0) is 36.1 Å². The van der Waals surface area contributed by atoms with Crippen molar-refractivity contribution in [1.82, 2.24) is 4.98 Å². The van der Waals surface area contributed by atoms with Crippen LogP contribution in [0.3, 0.4) is 0 Å². The Morgan fingerprint density at radius 3 is 2.80 bits per heavy atom. The summed E-state index contributed by atoms with van der Waals surface area (Å²) in [6.07, 6.45) is 3.67. The molecule has 0 radical (unpaired) electrons. The van der Waals surface area contributed by atoms with Crippen molar-refractivity contribution in [2.24, 2.45) is 0 Å². The van der Waals surface area contributed by atoms with Crippen LogP contribution < -0.4 is 0 Å². The third kappa shape index (κ3) is 3.17. The normalized spacial score (nSPS) is 10.7. The molecular weight excluding hydrogens is 186 g/mol. The van der Waals surface area contributed by atoms with Gasteiger partial charge >= 0.3 is 0 Å². The molecule has 0 saturated carbocycles. The summed E-state index contributed by atoms with van der Waals surface area (Å²) in [7, 11) is 0. The van der Waals surface area contributed by atoms with Gasteiger partial charge in [-0.1, -0.05) is 20.4 Å². The third-order valence-electron chi connectivity index (χ3n) is 2.34. The first-order valence-electron chi connectivity index (χ1n) is 5.38. The van der Waals surface area contributed by atoms with E-state index in [-0.39, 0.29) is 0 Å². The fourth-order valence-corrected chi connectivity index (χ4v) is 1.50. The average Bonchev–Trinajstić information content (AvgIpc) is 2.26. The Kier molecular flexibility index (Phi) is 4.50. The minimum absolute atomic E-state index is 0.488. The highest BCUT2D eigenvalue weighted by atomic mass is 16.5. The van der Waals surface area contributed by atoms with Crippen LogP contribution in [-0.4, -0.2) is 11.6 Å².